The van der Waals surface area contributed by atoms with E-state index in [0.29, 0.717) is 5.75 Å². The molecule has 4 aliphatic carbocycles. The zero-order valence-corrected chi connectivity index (χ0v) is 17.4. The van der Waals surface area contributed by atoms with E-state index in [-0.39, 0.29) is 23.7 Å². The lowest BCUT2D eigenvalue weighted by Crippen LogP contribution is -2.54. The van der Waals surface area contributed by atoms with Crippen LogP contribution in [-0.2, 0) is 4.79 Å². The monoisotopic (exact) mass is 421 g/mol. The fraction of sp³-hybridized carbons (Fsp3) is 0.458. The number of hydrogen-bond acceptors (Lipinski definition) is 5. The number of benzene rings is 2. The molecule has 4 bridgehead atoms. The van der Waals surface area contributed by atoms with E-state index in [0.717, 1.165) is 29.1 Å². The molecule has 2 N–H and O–H groups in total. The van der Waals surface area contributed by atoms with Crippen molar-refractivity contribution in [2.75, 3.05) is 17.2 Å². The lowest BCUT2D eigenvalue weighted by molar-refractivity contribution is -0.384. The first-order valence-electron chi connectivity index (χ1n) is 11.0. The van der Waals surface area contributed by atoms with E-state index < -0.39 is 4.92 Å². The summed E-state index contributed by atoms with van der Waals surface area (Å²) in [5.41, 5.74) is 1.87. The second kappa shape index (κ2) is 7.87. The molecule has 2 aromatic rings. The molecular formula is C24H27N3O4. The summed E-state index contributed by atoms with van der Waals surface area (Å²) < 4.78 is 5.49. The van der Waals surface area contributed by atoms with Crippen molar-refractivity contribution < 1.29 is 14.5 Å². The highest BCUT2D eigenvalue weighted by molar-refractivity contribution is 5.95. The largest absolute Gasteiger partial charge is 0.484 e. The number of nitrogens with zero attached hydrogens (tertiary/aromatic N) is 1. The summed E-state index contributed by atoms with van der Waals surface area (Å²) in [4.78, 5) is 22.8. The molecule has 2 aromatic carbocycles. The summed E-state index contributed by atoms with van der Waals surface area (Å²) >= 11 is 0. The second-order valence-electron chi connectivity index (χ2n) is 9.46. The number of anilines is 2. The molecule has 31 heavy (non-hydrogen) atoms. The van der Waals surface area contributed by atoms with Gasteiger partial charge in [-0.25, -0.2) is 0 Å². The number of nitrogens with one attached hydrogen (secondary N) is 2. The Balaban J connectivity index is 1.22. The average molecular weight is 421 g/mol. The van der Waals surface area contributed by atoms with Gasteiger partial charge in [-0.3, -0.25) is 14.9 Å². The first kappa shape index (κ1) is 19.8. The maximum absolute atomic E-state index is 12.5. The van der Waals surface area contributed by atoms with Crippen LogP contribution in [0.1, 0.15) is 38.5 Å². The number of ether oxygens (including phenoxy) is 1. The second-order valence-corrected chi connectivity index (χ2v) is 9.46. The number of rotatable bonds is 7. The van der Waals surface area contributed by atoms with Gasteiger partial charge < -0.3 is 15.4 Å². The molecule has 0 unspecified atom stereocenters. The number of hydrogen-bond donors (Lipinski definition) is 2. The molecule has 4 saturated carbocycles. The zero-order valence-electron chi connectivity index (χ0n) is 17.4. The Morgan fingerprint density at radius 1 is 0.968 bits per heavy atom. The minimum absolute atomic E-state index is 0.0125. The van der Waals surface area contributed by atoms with E-state index in [1.165, 1.54) is 62.8 Å². The van der Waals surface area contributed by atoms with Crippen LogP contribution in [0.3, 0.4) is 0 Å². The van der Waals surface area contributed by atoms with E-state index in [9.17, 15) is 14.9 Å². The molecule has 7 heteroatoms. The normalized spacial score (nSPS) is 28.2. The smallest absolute Gasteiger partial charge is 0.269 e. The van der Waals surface area contributed by atoms with Gasteiger partial charge in [0.25, 0.3) is 11.6 Å². The van der Waals surface area contributed by atoms with Crippen LogP contribution in [-0.4, -0.2) is 23.0 Å². The van der Waals surface area contributed by atoms with E-state index in [4.69, 9.17) is 4.74 Å². The van der Waals surface area contributed by atoms with Gasteiger partial charge in [-0.15, -0.1) is 0 Å². The lowest BCUT2D eigenvalue weighted by atomic mass is 9.53. The van der Waals surface area contributed by atoms with Gasteiger partial charge in [0.1, 0.15) is 5.75 Å². The number of non-ortho nitro benzene ring substituents is 1. The third-order valence-corrected chi connectivity index (χ3v) is 7.06. The van der Waals surface area contributed by atoms with Gasteiger partial charge in [0.05, 0.1) is 16.3 Å². The van der Waals surface area contributed by atoms with Gasteiger partial charge in [0.15, 0.2) is 6.61 Å². The molecule has 0 heterocycles. The van der Waals surface area contributed by atoms with Gasteiger partial charge in [-0.05, 0) is 80.5 Å². The average Bonchev–Trinajstić information content (AvgIpc) is 2.73. The zero-order chi connectivity index (χ0) is 21.4. The summed E-state index contributed by atoms with van der Waals surface area (Å²) in [6.07, 6.45) is 7.84. The van der Waals surface area contributed by atoms with Crippen LogP contribution in [0.25, 0.3) is 0 Å². The van der Waals surface area contributed by atoms with Gasteiger partial charge in [0, 0.05) is 17.7 Å². The van der Waals surface area contributed by atoms with Gasteiger partial charge in [0.2, 0.25) is 0 Å². The van der Waals surface area contributed by atoms with Crippen LogP contribution in [0.2, 0.25) is 0 Å². The Labute approximate surface area is 181 Å². The predicted octanol–water partition coefficient (Wildman–Crippen LogP) is 4.99. The molecule has 4 fully saturated rings. The highest BCUT2D eigenvalue weighted by atomic mass is 16.6. The van der Waals surface area contributed by atoms with Crippen LogP contribution in [0, 0.1) is 27.9 Å². The molecule has 1 amide bonds. The van der Waals surface area contributed by atoms with Crippen LogP contribution in [0.4, 0.5) is 17.1 Å². The maximum atomic E-state index is 12.5. The van der Waals surface area contributed by atoms with Crippen molar-refractivity contribution in [3.05, 3.63) is 58.6 Å². The third-order valence-electron chi connectivity index (χ3n) is 7.06. The molecule has 4 aliphatic rings. The number of carbonyl (C=O) groups excluding carboxylic acids is 1. The number of para-hydroxylation sites is 2. The van der Waals surface area contributed by atoms with E-state index in [2.05, 4.69) is 10.6 Å². The van der Waals surface area contributed by atoms with Crippen molar-refractivity contribution in [3.8, 4) is 5.75 Å². The van der Waals surface area contributed by atoms with E-state index in [1.807, 2.05) is 24.3 Å². The Morgan fingerprint density at radius 3 is 2.13 bits per heavy atom. The van der Waals surface area contributed by atoms with Crippen molar-refractivity contribution in [2.45, 2.75) is 44.1 Å². The Hall–Kier alpha value is -3.09. The Kier molecular flexibility index (Phi) is 5.04. The maximum Gasteiger partial charge on any atom is 0.269 e. The van der Waals surface area contributed by atoms with E-state index in [1.54, 1.807) is 0 Å². The fourth-order valence-electron chi connectivity index (χ4n) is 6.25. The minimum Gasteiger partial charge on any atom is -0.484 e. The van der Waals surface area contributed by atoms with Gasteiger partial charge in [-0.1, -0.05) is 12.1 Å². The molecule has 162 valence electrons. The van der Waals surface area contributed by atoms with Crippen molar-refractivity contribution in [1.82, 2.24) is 0 Å². The molecule has 0 radical (unpaired) electrons. The molecule has 0 saturated heterocycles. The standard InChI is InChI=1S/C24H27N3O4/c28-23(15-31-20-7-5-19(6-8-20)27(29)30)25-21-3-1-2-4-22(21)26-24-12-16-9-17(13-24)11-18(10-16)14-24/h1-8,16-18,26H,9-15H2,(H,25,28). The Morgan fingerprint density at radius 2 is 1.55 bits per heavy atom. The topological polar surface area (TPSA) is 93.5 Å². The Bertz CT molecular complexity index is 953. The molecule has 0 atom stereocenters. The van der Waals surface area contributed by atoms with Crippen molar-refractivity contribution in [1.29, 1.82) is 0 Å². The SMILES string of the molecule is O=C(COc1ccc([N+](=O)[O-])cc1)Nc1ccccc1NC12CC3CC(CC(C3)C1)C2. The fourth-order valence-corrected chi connectivity index (χ4v) is 6.25. The summed E-state index contributed by atoms with van der Waals surface area (Å²) in [5.74, 6) is 2.68. The summed E-state index contributed by atoms with van der Waals surface area (Å²) in [5, 5.41) is 17.5. The third kappa shape index (κ3) is 4.22. The van der Waals surface area contributed by atoms with Crippen molar-refractivity contribution >= 4 is 23.0 Å². The number of nitro groups is 1. The first-order chi connectivity index (χ1) is 15.0. The van der Waals surface area contributed by atoms with Crippen LogP contribution >= 0.6 is 0 Å². The number of amides is 1. The summed E-state index contributed by atoms with van der Waals surface area (Å²) in [6.45, 7) is -0.163. The van der Waals surface area contributed by atoms with E-state index >= 15 is 0 Å². The van der Waals surface area contributed by atoms with Crippen LogP contribution in [0.5, 0.6) is 5.75 Å². The highest BCUT2D eigenvalue weighted by Gasteiger charge is 2.51. The van der Waals surface area contributed by atoms with Crippen LogP contribution < -0.4 is 15.4 Å². The molecule has 6 rings (SSSR count). The molecule has 7 nitrogen and oxygen atoms in total. The van der Waals surface area contributed by atoms with Crippen LogP contribution in [0.15, 0.2) is 48.5 Å². The first-order valence-corrected chi connectivity index (χ1v) is 11.0. The number of nitro benzene ring substituents is 1. The molecule has 0 aliphatic heterocycles. The summed E-state index contributed by atoms with van der Waals surface area (Å²) in [6, 6.07) is 13.6. The highest BCUT2D eigenvalue weighted by Crippen LogP contribution is 2.56. The predicted molar refractivity (Wildman–Crippen MR) is 118 cm³/mol. The summed E-state index contributed by atoms with van der Waals surface area (Å²) in [7, 11) is 0. The van der Waals surface area contributed by atoms with Crippen molar-refractivity contribution in [3.63, 3.8) is 0 Å². The number of carbonyl (C=O) groups is 1. The minimum atomic E-state index is -0.468. The molecule has 0 aromatic heterocycles. The molecular weight excluding hydrogens is 394 g/mol. The van der Waals surface area contributed by atoms with Gasteiger partial charge >= 0.3 is 0 Å². The van der Waals surface area contributed by atoms with Gasteiger partial charge in [-0.2, -0.15) is 0 Å². The quantitative estimate of drug-likeness (QED) is 0.485. The lowest BCUT2D eigenvalue weighted by Gasteiger charge is -2.57. The molecule has 0 spiro atoms. The van der Waals surface area contributed by atoms with Crippen molar-refractivity contribution in [2.24, 2.45) is 17.8 Å².